The molecule has 5 nitrogen and oxygen atoms in total. The average Bonchev–Trinajstić information content (AvgIpc) is 2.42. The number of rotatable bonds is 5. The number of hydrogen-bond acceptors (Lipinski definition) is 3. The first-order chi connectivity index (χ1) is 10.3. The molecule has 2 aromatic rings. The van der Waals surface area contributed by atoms with Crippen LogP contribution in [0.5, 0.6) is 0 Å². The fraction of sp³-hybridized carbons (Fsp3) is 0.312. The summed E-state index contributed by atoms with van der Waals surface area (Å²) in [6.45, 7) is 3.44. The number of carbonyl (C=O) groups is 1. The lowest BCUT2D eigenvalue weighted by Gasteiger charge is -2.24. The third kappa shape index (κ3) is 3.76. The monoisotopic (exact) mass is 320 g/mol. The molecule has 6 heteroatoms. The Hall–Kier alpha value is -2.08. The molecule has 0 bridgehead atoms. The van der Waals surface area contributed by atoms with Crippen LogP contribution < -0.4 is 9.62 Å². The second-order valence-corrected chi connectivity index (χ2v) is 7.40. The van der Waals surface area contributed by atoms with Gasteiger partial charge in [0.2, 0.25) is 15.9 Å². The molecular formula is C16H20N2O3S. The van der Waals surface area contributed by atoms with E-state index in [-0.39, 0.29) is 18.5 Å². The number of fused-ring (bicyclic) bond motifs is 1. The molecule has 22 heavy (non-hydrogen) atoms. The summed E-state index contributed by atoms with van der Waals surface area (Å²) in [6.07, 6.45) is 1.11. The highest BCUT2D eigenvalue weighted by Crippen LogP contribution is 2.28. The normalized spacial score (nSPS) is 11.6. The molecule has 0 spiro atoms. The third-order valence-corrected chi connectivity index (χ3v) is 4.30. The van der Waals surface area contributed by atoms with Crippen molar-refractivity contribution < 1.29 is 13.2 Å². The van der Waals surface area contributed by atoms with Crippen LogP contribution in [0.15, 0.2) is 42.5 Å². The van der Waals surface area contributed by atoms with Crippen molar-refractivity contribution in [2.75, 3.05) is 17.1 Å². The Morgan fingerprint density at radius 2 is 1.77 bits per heavy atom. The Balaban J connectivity index is 2.47. The summed E-state index contributed by atoms with van der Waals surface area (Å²) in [5.41, 5.74) is 0.513. The Labute approximate surface area is 131 Å². The molecule has 2 aromatic carbocycles. The highest BCUT2D eigenvalue weighted by Gasteiger charge is 2.22. The Morgan fingerprint density at radius 1 is 1.14 bits per heavy atom. The largest absolute Gasteiger partial charge is 0.352 e. The van der Waals surface area contributed by atoms with Crippen molar-refractivity contribution in [3.63, 3.8) is 0 Å². The lowest BCUT2D eigenvalue weighted by molar-refractivity contribution is -0.120. The minimum atomic E-state index is -3.57. The van der Waals surface area contributed by atoms with Crippen molar-refractivity contribution in [1.29, 1.82) is 0 Å². The van der Waals surface area contributed by atoms with Gasteiger partial charge in [0.25, 0.3) is 0 Å². The molecule has 0 radical (unpaired) electrons. The van der Waals surface area contributed by atoms with Gasteiger partial charge in [-0.1, -0.05) is 36.4 Å². The van der Waals surface area contributed by atoms with Gasteiger partial charge in [-0.05, 0) is 25.3 Å². The summed E-state index contributed by atoms with van der Waals surface area (Å²) in [6, 6.07) is 12.9. The Bertz CT molecular complexity index is 780. The van der Waals surface area contributed by atoms with E-state index in [9.17, 15) is 13.2 Å². The zero-order valence-corrected chi connectivity index (χ0v) is 13.7. The fourth-order valence-electron chi connectivity index (χ4n) is 2.30. The molecule has 0 aliphatic heterocycles. The van der Waals surface area contributed by atoms with Crippen LogP contribution in [0.25, 0.3) is 10.8 Å². The molecule has 0 aliphatic rings. The maximum absolute atomic E-state index is 12.1. The van der Waals surface area contributed by atoms with Crippen LogP contribution >= 0.6 is 0 Å². The van der Waals surface area contributed by atoms with Gasteiger partial charge in [-0.25, -0.2) is 8.42 Å². The highest BCUT2D eigenvalue weighted by molar-refractivity contribution is 7.92. The zero-order valence-electron chi connectivity index (χ0n) is 12.9. The van der Waals surface area contributed by atoms with Gasteiger partial charge in [0, 0.05) is 11.4 Å². The number of nitrogens with zero attached hydrogens (tertiary/aromatic N) is 1. The lowest BCUT2D eigenvalue weighted by atomic mass is 10.1. The predicted molar refractivity (Wildman–Crippen MR) is 89.4 cm³/mol. The molecular weight excluding hydrogens is 300 g/mol. The van der Waals surface area contributed by atoms with Crippen molar-refractivity contribution in [2.24, 2.45) is 0 Å². The first-order valence-corrected chi connectivity index (χ1v) is 8.88. The summed E-state index contributed by atoms with van der Waals surface area (Å²) >= 11 is 0. The van der Waals surface area contributed by atoms with Gasteiger partial charge in [-0.2, -0.15) is 0 Å². The number of carbonyl (C=O) groups excluding carboxylic acids is 1. The standard InChI is InChI=1S/C16H20N2O3S/c1-12(2)17-16(19)11-18(22(3,20)21)15-10-6-8-13-7-4-5-9-14(13)15/h4-10,12H,11H2,1-3H3,(H,17,19). The third-order valence-electron chi connectivity index (χ3n) is 3.17. The molecule has 1 N–H and O–H groups in total. The maximum atomic E-state index is 12.1. The topological polar surface area (TPSA) is 66.5 Å². The van der Waals surface area contributed by atoms with Gasteiger partial charge in [0.05, 0.1) is 11.9 Å². The number of hydrogen-bond donors (Lipinski definition) is 1. The summed E-state index contributed by atoms with van der Waals surface area (Å²) in [7, 11) is -3.57. The number of nitrogens with one attached hydrogen (secondary N) is 1. The van der Waals surface area contributed by atoms with E-state index in [0.717, 1.165) is 21.3 Å². The van der Waals surface area contributed by atoms with Gasteiger partial charge in [-0.3, -0.25) is 9.10 Å². The molecule has 0 heterocycles. The molecule has 0 aromatic heterocycles. The lowest BCUT2D eigenvalue weighted by Crippen LogP contribution is -2.42. The van der Waals surface area contributed by atoms with Crippen LogP contribution in [-0.2, 0) is 14.8 Å². The molecule has 1 amide bonds. The maximum Gasteiger partial charge on any atom is 0.240 e. The van der Waals surface area contributed by atoms with E-state index in [2.05, 4.69) is 5.32 Å². The molecule has 2 rings (SSSR count). The van der Waals surface area contributed by atoms with E-state index in [0.29, 0.717) is 5.69 Å². The first-order valence-electron chi connectivity index (χ1n) is 7.04. The quantitative estimate of drug-likeness (QED) is 0.918. The Morgan fingerprint density at radius 3 is 2.41 bits per heavy atom. The molecule has 0 saturated carbocycles. The van der Waals surface area contributed by atoms with Gasteiger partial charge in [-0.15, -0.1) is 0 Å². The minimum absolute atomic E-state index is 0.0403. The van der Waals surface area contributed by atoms with Crippen molar-refractivity contribution in [3.05, 3.63) is 42.5 Å². The van der Waals surface area contributed by atoms with E-state index < -0.39 is 10.0 Å². The molecule has 0 fully saturated rings. The van der Waals surface area contributed by atoms with Gasteiger partial charge >= 0.3 is 0 Å². The van der Waals surface area contributed by atoms with Crippen LogP contribution in [0.4, 0.5) is 5.69 Å². The van der Waals surface area contributed by atoms with Crippen LogP contribution in [0.3, 0.4) is 0 Å². The number of amides is 1. The van der Waals surface area contributed by atoms with E-state index in [4.69, 9.17) is 0 Å². The summed E-state index contributed by atoms with van der Waals surface area (Å²) in [5, 5.41) is 4.45. The van der Waals surface area contributed by atoms with Crippen molar-refractivity contribution in [2.45, 2.75) is 19.9 Å². The van der Waals surface area contributed by atoms with E-state index in [1.54, 1.807) is 12.1 Å². The Kier molecular flexibility index (Phi) is 4.71. The summed E-state index contributed by atoms with van der Waals surface area (Å²) in [5.74, 6) is -0.326. The smallest absolute Gasteiger partial charge is 0.240 e. The number of sulfonamides is 1. The fourth-order valence-corrected chi connectivity index (χ4v) is 3.17. The summed E-state index contributed by atoms with van der Waals surface area (Å²) < 4.78 is 25.4. The number of benzene rings is 2. The second-order valence-electron chi connectivity index (χ2n) is 5.49. The average molecular weight is 320 g/mol. The van der Waals surface area contributed by atoms with Crippen LogP contribution in [0.2, 0.25) is 0 Å². The van der Waals surface area contributed by atoms with Gasteiger partial charge in [0.1, 0.15) is 6.54 Å². The van der Waals surface area contributed by atoms with Crippen molar-refractivity contribution >= 4 is 32.4 Å². The SMILES string of the molecule is CC(C)NC(=O)CN(c1cccc2ccccc12)S(C)(=O)=O. The minimum Gasteiger partial charge on any atom is -0.352 e. The van der Waals surface area contributed by atoms with Crippen LogP contribution in [-0.4, -0.2) is 33.2 Å². The molecule has 118 valence electrons. The second kappa shape index (κ2) is 6.36. The molecule has 0 aliphatic carbocycles. The highest BCUT2D eigenvalue weighted by atomic mass is 32.2. The van der Waals surface area contributed by atoms with Crippen LogP contribution in [0, 0.1) is 0 Å². The number of anilines is 1. The van der Waals surface area contributed by atoms with E-state index in [1.165, 1.54) is 0 Å². The van der Waals surface area contributed by atoms with Crippen LogP contribution in [0.1, 0.15) is 13.8 Å². The van der Waals surface area contributed by atoms with E-state index >= 15 is 0 Å². The van der Waals surface area contributed by atoms with E-state index in [1.807, 2.05) is 44.2 Å². The molecule has 0 saturated heterocycles. The molecule has 0 unspecified atom stereocenters. The van der Waals surface area contributed by atoms with Crippen molar-refractivity contribution in [1.82, 2.24) is 5.32 Å². The first kappa shape index (κ1) is 16.3. The van der Waals surface area contributed by atoms with Gasteiger partial charge in [0.15, 0.2) is 0 Å². The zero-order chi connectivity index (χ0) is 16.3. The predicted octanol–water partition coefficient (Wildman–Crippen LogP) is 2.13. The van der Waals surface area contributed by atoms with Gasteiger partial charge < -0.3 is 5.32 Å². The van der Waals surface area contributed by atoms with Crippen molar-refractivity contribution in [3.8, 4) is 0 Å². The molecule has 0 atom stereocenters. The summed E-state index contributed by atoms with van der Waals surface area (Å²) in [4.78, 5) is 12.0.